The van der Waals surface area contributed by atoms with E-state index in [1.165, 1.54) is 6.26 Å². The molecule has 0 aliphatic carbocycles. The van der Waals surface area contributed by atoms with E-state index in [4.69, 9.17) is 10.2 Å². The lowest BCUT2D eigenvalue weighted by Crippen LogP contribution is -2.04. The van der Waals surface area contributed by atoms with E-state index in [1.54, 1.807) is 6.20 Å². The molecule has 1 aromatic rings. The van der Waals surface area contributed by atoms with Crippen LogP contribution in [-0.2, 0) is 0 Å². The Morgan fingerprint density at radius 1 is 1.88 bits per heavy atom. The summed E-state index contributed by atoms with van der Waals surface area (Å²) in [5, 5.41) is 0. The smallest absolute Gasteiger partial charge is 0.210 e. The van der Waals surface area contributed by atoms with Gasteiger partial charge in [0.25, 0.3) is 0 Å². The second-order valence-corrected chi connectivity index (χ2v) is 1.66. The van der Waals surface area contributed by atoms with Gasteiger partial charge in [-0.05, 0) is 6.92 Å². The molecule has 0 spiro atoms. The van der Waals surface area contributed by atoms with Crippen molar-refractivity contribution in [1.29, 1.82) is 0 Å². The Balaban J connectivity index is 2.77. The van der Waals surface area contributed by atoms with Crippen LogP contribution >= 0.6 is 0 Å². The molecule has 1 aromatic heterocycles. The van der Waals surface area contributed by atoms with Crippen molar-refractivity contribution in [1.82, 2.24) is 4.98 Å². The molecule has 0 amide bonds. The van der Waals surface area contributed by atoms with Crippen molar-refractivity contribution in [3.05, 3.63) is 18.4 Å². The van der Waals surface area contributed by atoms with Gasteiger partial charge in [0.05, 0.1) is 12.2 Å². The van der Waals surface area contributed by atoms with Gasteiger partial charge in [-0.1, -0.05) is 0 Å². The number of hydrogen-bond donors (Lipinski definition) is 1. The molecule has 0 aliphatic rings. The Morgan fingerprint density at radius 3 is 2.88 bits per heavy atom. The Hall–Kier alpha value is -0.830. The monoisotopic (exact) mass is 112 g/mol. The standard InChI is InChI=1S/C5H8N2O/c1-4(6)5-7-2-3-8-5/h2-4H,6H2,1H3. The first kappa shape index (κ1) is 5.31. The summed E-state index contributed by atoms with van der Waals surface area (Å²) in [4.78, 5) is 3.82. The van der Waals surface area contributed by atoms with E-state index in [1.807, 2.05) is 6.92 Å². The van der Waals surface area contributed by atoms with Crippen molar-refractivity contribution in [3.8, 4) is 0 Å². The topological polar surface area (TPSA) is 52.0 Å². The van der Waals surface area contributed by atoms with Gasteiger partial charge in [0.1, 0.15) is 6.26 Å². The number of oxazole rings is 1. The third-order valence-electron chi connectivity index (χ3n) is 0.841. The highest BCUT2D eigenvalue weighted by atomic mass is 16.3. The van der Waals surface area contributed by atoms with E-state index >= 15 is 0 Å². The molecule has 0 aliphatic heterocycles. The molecule has 0 radical (unpaired) electrons. The molecule has 44 valence electrons. The molecule has 1 unspecified atom stereocenters. The lowest BCUT2D eigenvalue weighted by molar-refractivity contribution is 0.463. The van der Waals surface area contributed by atoms with E-state index in [0.29, 0.717) is 5.89 Å². The predicted octanol–water partition coefficient (Wildman–Crippen LogP) is 0.694. The fourth-order valence-corrected chi connectivity index (χ4v) is 0.459. The van der Waals surface area contributed by atoms with Crippen LogP contribution < -0.4 is 5.73 Å². The van der Waals surface area contributed by atoms with E-state index in [2.05, 4.69) is 4.98 Å². The van der Waals surface area contributed by atoms with Crippen LogP contribution in [0.2, 0.25) is 0 Å². The van der Waals surface area contributed by atoms with Crippen molar-refractivity contribution < 1.29 is 4.42 Å². The summed E-state index contributed by atoms with van der Waals surface area (Å²) in [6, 6.07) is -0.0926. The molecule has 0 aromatic carbocycles. The van der Waals surface area contributed by atoms with Crippen LogP contribution in [-0.4, -0.2) is 4.98 Å². The van der Waals surface area contributed by atoms with Crippen LogP contribution in [0.1, 0.15) is 18.9 Å². The molecule has 0 bridgehead atoms. The minimum absolute atomic E-state index is 0.0926. The van der Waals surface area contributed by atoms with Gasteiger partial charge in [0, 0.05) is 0 Å². The Kier molecular flexibility index (Phi) is 1.30. The number of nitrogens with two attached hydrogens (primary N) is 1. The Morgan fingerprint density at radius 2 is 2.62 bits per heavy atom. The molecule has 1 atom stereocenters. The molecule has 1 heterocycles. The molecule has 3 heteroatoms. The molecule has 1 rings (SSSR count). The fourth-order valence-electron chi connectivity index (χ4n) is 0.459. The van der Waals surface area contributed by atoms with Crippen LogP contribution in [0.4, 0.5) is 0 Å². The van der Waals surface area contributed by atoms with E-state index in [9.17, 15) is 0 Å². The quantitative estimate of drug-likeness (QED) is 0.581. The van der Waals surface area contributed by atoms with Crippen LogP contribution in [0.5, 0.6) is 0 Å². The summed E-state index contributed by atoms with van der Waals surface area (Å²) >= 11 is 0. The van der Waals surface area contributed by atoms with Crippen LogP contribution in [0.15, 0.2) is 16.9 Å². The van der Waals surface area contributed by atoms with Crippen molar-refractivity contribution in [3.63, 3.8) is 0 Å². The largest absolute Gasteiger partial charge is 0.447 e. The fraction of sp³-hybridized carbons (Fsp3) is 0.400. The normalized spacial score (nSPS) is 13.8. The van der Waals surface area contributed by atoms with Gasteiger partial charge < -0.3 is 10.2 Å². The lowest BCUT2D eigenvalue weighted by atomic mass is 10.4. The van der Waals surface area contributed by atoms with Crippen LogP contribution in [0.25, 0.3) is 0 Å². The van der Waals surface area contributed by atoms with Gasteiger partial charge in [0.15, 0.2) is 0 Å². The van der Waals surface area contributed by atoms with Crippen molar-refractivity contribution in [2.24, 2.45) is 5.73 Å². The average molecular weight is 112 g/mol. The zero-order valence-corrected chi connectivity index (χ0v) is 4.66. The molecule has 0 saturated carbocycles. The first-order valence-electron chi connectivity index (χ1n) is 2.45. The summed E-state index contributed by atoms with van der Waals surface area (Å²) in [6.45, 7) is 1.83. The highest BCUT2D eigenvalue weighted by Gasteiger charge is 2.00. The zero-order chi connectivity index (χ0) is 5.98. The van der Waals surface area contributed by atoms with Gasteiger partial charge in [0.2, 0.25) is 5.89 Å². The van der Waals surface area contributed by atoms with Gasteiger partial charge in [-0.25, -0.2) is 4.98 Å². The maximum atomic E-state index is 5.40. The third kappa shape index (κ3) is 0.869. The van der Waals surface area contributed by atoms with E-state index < -0.39 is 0 Å². The van der Waals surface area contributed by atoms with E-state index in [-0.39, 0.29) is 6.04 Å². The molecule has 0 fully saturated rings. The Labute approximate surface area is 47.5 Å². The lowest BCUT2D eigenvalue weighted by Gasteiger charge is -1.93. The zero-order valence-electron chi connectivity index (χ0n) is 4.66. The van der Waals surface area contributed by atoms with Crippen LogP contribution in [0, 0.1) is 0 Å². The van der Waals surface area contributed by atoms with Crippen molar-refractivity contribution in [2.45, 2.75) is 13.0 Å². The molecule has 0 saturated heterocycles. The summed E-state index contributed by atoms with van der Waals surface area (Å²) in [5.74, 6) is 0.588. The van der Waals surface area contributed by atoms with Gasteiger partial charge in [-0.3, -0.25) is 0 Å². The Bertz CT molecular complexity index is 145. The molecule has 8 heavy (non-hydrogen) atoms. The summed E-state index contributed by atoms with van der Waals surface area (Å²) in [7, 11) is 0. The van der Waals surface area contributed by atoms with Gasteiger partial charge >= 0.3 is 0 Å². The third-order valence-corrected chi connectivity index (χ3v) is 0.841. The van der Waals surface area contributed by atoms with Gasteiger partial charge in [-0.2, -0.15) is 0 Å². The maximum absolute atomic E-state index is 5.40. The number of nitrogens with zero attached hydrogens (tertiary/aromatic N) is 1. The molecular weight excluding hydrogens is 104 g/mol. The highest BCUT2D eigenvalue weighted by Crippen LogP contribution is 2.03. The summed E-state index contributed by atoms with van der Waals surface area (Å²) in [5.41, 5.74) is 5.40. The van der Waals surface area contributed by atoms with Crippen molar-refractivity contribution in [2.75, 3.05) is 0 Å². The van der Waals surface area contributed by atoms with Crippen molar-refractivity contribution >= 4 is 0 Å². The SMILES string of the molecule is CC(N)c1ncco1. The molecule has 3 nitrogen and oxygen atoms in total. The van der Waals surface area contributed by atoms with Gasteiger partial charge in [-0.15, -0.1) is 0 Å². The highest BCUT2D eigenvalue weighted by molar-refractivity contribution is 4.84. The maximum Gasteiger partial charge on any atom is 0.210 e. The summed E-state index contributed by atoms with van der Waals surface area (Å²) in [6.07, 6.45) is 3.09. The second-order valence-electron chi connectivity index (χ2n) is 1.66. The summed E-state index contributed by atoms with van der Waals surface area (Å²) < 4.78 is 4.86. The second kappa shape index (κ2) is 1.96. The number of rotatable bonds is 1. The first-order valence-corrected chi connectivity index (χ1v) is 2.45. The minimum atomic E-state index is -0.0926. The van der Waals surface area contributed by atoms with E-state index in [0.717, 1.165) is 0 Å². The predicted molar refractivity (Wildman–Crippen MR) is 29.1 cm³/mol. The molecule has 2 N–H and O–H groups in total. The number of aromatic nitrogens is 1. The first-order chi connectivity index (χ1) is 3.80. The number of hydrogen-bond acceptors (Lipinski definition) is 3. The molecular formula is C5H8N2O. The van der Waals surface area contributed by atoms with Crippen LogP contribution in [0.3, 0.4) is 0 Å². The minimum Gasteiger partial charge on any atom is -0.447 e. The average Bonchev–Trinajstić information content (AvgIpc) is 2.12.